The van der Waals surface area contributed by atoms with Crippen LogP contribution in [-0.4, -0.2) is 41.8 Å². The number of hydrogen-bond donors (Lipinski definition) is 1. The molecule has 0 spiro atoms. The van der Waals surface area contributed by atoms with Crippen molar-refractivity contribution in [1.82, 2.24) is 9.78 Å². The second-order valence-electron chi connectivity index (χ2n) is 5.07. The average molecular weight is 410 g/mol. The Bertz CT molecular complexity index is 860. The number of anilines is 1. The van der Waals surface area contributed by atoms with Gasteiger partial charge in [-0.1, -0.05) is 0 Å². The Morgan fingerprint density at radius 2 is 1.80 bits per heavy atom. The summed E-state index contributed by atoms with van der Waals surface area (Å²) in [7, 11) is 4.16. The lowest BCUT2D eigenvalue weighted by atomic mass is 10.1. The highest BCUT2D eigenvalue weighted by Crippen LogP contribution is 2.24. The Hall–Kier alpha value is -2.68. The topological polar surface area (TPSA) is 99.5 Å². The fraction of sp³-hybridized carbons (Fsp3) is 0.250. The Balaban J connectivity index is 2.44. The standard InChI is InChI=1S/C16H16BrN3O5/c1-8-12(17)13(19-20(8)2)14(21)18-11-7-9(15(22)24-3)5-6-10(11)16(23)25-4/h5-7H,1-4H3,(H,18,21). The van der Waals surface area contributed by atoms with Crippen molar-refractivity contribution in [2.75, 3.05) is 19.5 Å². The maximum atomic E-state index is 12.5. The minimum Gasteiger partial charge on any atom is -0.465 e. The van der Waals surface area contributed by atoms with Gasteiger partial charge in [-0.25, -0.2) is 9.59 Å². The van der Waals surface area contributed by atoms with Crippen LogP contribution in [0, 0.1) is 6.92 Å². The van der Waals surface area contributed by atoms with Gasteiger partial charge in [-0.05, 0) is 41.1 Å². The number of esters is 2. The highest BCUT2D eigenvalue weighted by molar-refractivity contribution is 9.10. The number of rotatable bonds is 4. The van der Waals surface area contributed by atoms with E-state index in [0.717, 1.165) is 5.69 Å². The van der Waals surface area contributed by atoms with Crippen LogP contribution in [0.2, 0.25) is 0 Å². The minimum atomic E-state index is -0.650. The zero-order valence-corrected chi connectivity index (χ0v) is 15.6. The van der Waals surface area contributed by atoms with E-state index in [1.165, 1.54) is 32.4 Å². The van der Waals surface area contributed by atoms with Gasteiger partial charge >= 0.3 is 11.9 Å². The fourth-order valence-electron chi connectivity index (χ4n) is 2.09. The number of nitrogens with one attached hydrogen (secondary N) is 1. The van der Waals surface area contributed by atoms with Gasteiger partial charge in [-0.3, -0.25) is 9.48 Å². The van der Waals surface area contributed by atoms with E-state index >= 15 is 0 Å². The summed E-state index contributed by atoms with van der Waals surface area (Å²) in [6, 6.07) is 4.14. The molecule has 0 bridgehead atoms. The van der Waals surface area contributed by atoms with Crippen LogP contribution in [0.3, 0.4) is 0 Å². The lowest BCUT2D eigenvalue weighted by Gasteiger charge is -2.11. The third kappa shape index (κ3) is 3.71. The summed E-state index contributed by atoms with van der Waals surface area (Å²) >= 11 is 3.32. The zero-order valence-electron chi connectivity index (χ0n) is 14.0. The van der Waals surface area contributed by atoms with Crippen LogP contribution in [0.15, 0.2) is 22.7 Å². The molecule has 2 aromatic rings. The molecule has 0 aliphatic carbocycles. The highest BCUT2D eigenvalue weighted by Gasteiger charge is 2.22. The summed E-state index contributed by atoms with van der Waals surface area (Å²) in [4.78, 5) is 36.1. The van der Waals surface area contributed by atoms with Crippen molar-refractivity contribution in [3.8, 4) is 0 Å². The molecular formula is C16H16BrN3O5. The van der Waals surface area contributed by atoms with E-state index < -0.39 is 17.8 Å². The number of aryl methyl sites for hydroxylation is 1. The van der Waals surface area contributed by atoms with Crippen molar-refractivity contribution in [3.63, 3.8) is 0 Å². The lowest BCUT2D eigenvalue weighted by Crippen LogP contribution is -2.17. The number of ether oxygens (including phenoxy) is 2. The molecule has 0 aliphatic rings. The summed E-state index contributed by atoms with van der Waals surface area (Å²) in [5.74, 6) is -1.78. The molecule has 1 N–H and O–H groups in total. The van der Waals surface area contributed by atoms with E-state index in [-0.39, 0.29) is 22.5 Å². The number of carbonyl (C=O) groups excluding carboxylic acids is 3. The Kier molecular flexibility index (Phi) is 5.58. The van der Waals surface area contributed by atoms with E-state index in [1.807, 2.05) is 0 Å². The molecule has 0 atom stereocenters. The van der Waals surface area contributed by atoms with Crippen molar-refractivity contribution in [3.05, 3.63) is 45.2 Å². The molecule has 2 rings (SSSR count). The highest BCUT2D eigenvalue weighted by atomic mass is 79.9. The monoisotopic (exact) mass is 409 g/mol. The molecule has 1 aromatic heterocycles. The van der Waals surface area contributed by atoms with Crippen molar-refractivity contribution >= 4 is 39.5 Å². The molecule has 0 saturated carbocycles. The summed E-state index contributed by atoms with van der Waals surface area (Å²) in [5, 5.41) is 6.71. The van der Waals surface area contributed by atoms with Crippen molar-refractivity contribution in [2.45, 2.75) is 6.92 Å². The lowest BCUT2D eigenvalue weighted by molar-refractivity contribution is 0.0587. The molecule has 1 amide bonds. The van der Waals surface area contributed by atoms with Crippen molar-refractivity contribution < 1.29 is 23.9 Å². The van der Waals surface area contributed by atoms with Crippen LogP contribution in [0.5, 0.6) is 0 Å². The first-order chi connectivity index (χ1) is 11.8. The Morgan fingerprint density at radius 1 is 1.16 bits per heavy atom. The molecule has 0 aliphatic heterocycles. The summed E-state index contributed by atoms with van der Waals surface area (Å²) in [6.07, 6.45) is 0. The Labute approximate surface area is 152 Å². The first-order valence-corrected chi connectivity index (χ1v) is 7.90. The van der Waals surface area contributed by atoms with Gasteiger partial charge in [-0.2, -0.15) is 5.10 Å². The Morgan fingerprint density at radius 3 is 2.32 bits per heavy atom. The summed E-state index contributed by atoms with van der Waals surface area (Å²) in [5.41, 5.74) is 1.32. The number of hydrogen-bond acceptors (Lipinski definition) is 6. The third-order valence-electron chi connectivity index (χ3n) is 3.57. The molecule has 0 radical (unpaired) electrons. The number of nitrogens with zero attached hydrogens (tertiary/aromatic N) is 2. The van der Waals surface area contributed by atoms with Gasteiger partial charge in [-0.15, -0.1) is 0 Å². The third-order valence-corrected chi connectivity index (χ3v) is 4.52. The van der Waals surface area contributed by atoms with Crippen molar-refractivity contribution in [2.24, 2.45) is 7.05 Å². The van der Waals surface area contributed by atoms with Gasteiger partial charge in [0.2, 0.25) is 0 Å². The van der Waals surface area contributed by atoms with Gasteiger partial charge in [0.25, 0.3) is 5.91 Å². The van der Waals surface area contributed by atoms with Crippen LogP contribution >= 0.6 is 15.9 Å². The summed E-state index contributed by atoms with van der Waals surface area (Å²) in [6.45, 7) is 1.80. The molecule has 25 heavy (non-hydrogen) atoms. The number of halogens is 1. The quantitative estimate of drug-likeness (QED) is 0.777. The van der Waals surface area contributed by atoms with Crippen LogP contribution in [0.4, 0.5) is 5.69 Å². The average Bonchev–Trinajstić information content (AvgIpc) is 2.87. The second kappa shape index (κ2) is 7.47. The molecule has 1 aromatic carbocycles. The number of benzene rings is 1. The minimum absolute atomic E-state index is 0.104. The van der Waals surface area contributed by atoms with Crippen LogP contribution < -0.4 is 5.32 Å². The summed E-state index contributed by atoms with van der Waals surface area (Å²) < 4.78 is 11.4. The van der Waals surface area contributed by atoms with E-state index in [2.05, 4.69) is 31.1 Å². The van der Waals surface area contributed by atoms with Crippen LogP contribution in [-0.2, 0) is 16.5 Å². The number of carbonyl (C=O) groups is 3. The molecule has 0 fully saturated rings. The zero-order chi connectivity index (χ0) is 18.7. The van der Waals surface area contributed by atoms with Crippen LogP contribution in [0.25, 0.3) is 0 Å². The first kappa shape index (κ1) is 18.7. The number of aromatic nitrogens is 2. The smallest absolute Gasteiger partial charge is 0.339 e. The van der Waals surface area contributed by atoms with E-state index in [1.54, 1.807) is 18.7 Å². The molecule has 9 heteroatoms. The molecule has 0 unspecified atom stereocenters. The number of methoxy groups -OCH3 is 2. The predicted molar refractivity (Wildman–Crippen MR) is 92.7 cm³/mol. The van der Waals surface area contributed by atoms with Crippen LogP contribution in [0.1, 0.15) is 36.9 Å². The van der Waals surface area contributed by atoms with Gasteiger partial charge in [0.05, 0.1) is 41.2 Å². The van der Waals surface area contributed by atoms with Gasteiger partial charge < -0.3 is 14.8 Å². The normalized spacial score (nSPS) is 10.3. The predicted octanol–water partition coefficient (Wildman–Crippen LogP) is 2.32. The van der Waals surface area contributed by atoms with Gasteiger partial charge in [0.1, 0.15) is 0 Å². The number of amides is 1. The van der Waals surface area contributed by atoms with E-state index in [4.69, 9.17) is 4.74 Å². The first-order valence-electron chi connectivity index (χ1n) is 7.11. The molecule has 132 valence electrons. The van der Waals surface area contributed by atoms with E-state index in [0.29, 0.717) is 4.47 Å². The second-order valence-corrected chi connectivity index (χ2v) is 5.86. The molecular weight excluding hydrogens is 394 g/mol. The maximum Gasteiger partial charge on any atom is 0.339 e. The van der Waals surface area contributed by atoms with E-state index in [9.17, 15) is 14.4 Å². The van der Waals surface area contributed by atoms with Gasteiger partial charge in [0, 0.05) is 7.05 Å². The molecule has 8 nitrogen and oxygen atoms in total. The largest absolute Gasteiger partial charge is 0.465 e. The molecule has 0 saturated heterocycles. The van der Waals surface area contributed by atoms with Crippen molar-refractivity contribution in [1.29, 1.82) is 0 Å². The molecule has 1 heterocycles. The maximum absolute atomic E-state index is 12.5. The SMILES string of the molecule is COC(=O)c1ccc(C(=O)OC)c(NC(=O)c2nn(C)c(C)c2Br)c1. The fourth-order valence-corrected chi connectivity index (χ4v) is 2.61. The van der Waals surface area contributed by atoms with Gasteiger partial charge in [0.15, 0.2) is 5.69 Å².